The third-order valence-electron chi connectivity index (χ3n) is 9.11. The van der Waals surface area contributed by atoms with E-state index in [1.165, 1.54) is 32.1 Å². The van der Waals surface area contributed by atoms with Crippen LogP contribution in [0.15, 0.2) is 0 Å². The van der Waals surface area contributed by atoms with Crippen LogP contribution in [0.3, 0.4) is 0 Å². The Balaban J connectivity index is 1.46. The second-order valence-electron chi connectivity index (χ2n) is 11.9. The molecule has 1 aliphatic carbocycles. The molecule has 8 nitrogen and oxygen atoms in total. The third-order valence-corrected chi connectivity index (χ3v) is 9.88. The summed E-state index contributed by atoms with van der Waals surface area (Å²) in [7, 11) is 2.14. The van der Waals surface area contributed by atoms with Crippen LogP contribution in [-0.4, -0.2) is 91.8 Å². The maximum absolute atomic E-state index is 13.8. The molecular weight excluding hydrogens is 499 g/mol. The van der Waals surface area contributed by atoms with E-state index in [2.05, 4.69) is 27.9 Å². The summed E-state index contributed by atoms with van der Waals surface area (Å²) in [6.45, 7) is 3.97. The second kappa shape index (κ2) is 13.2. The van der Waals surface area contributed by atoms with Gasteiger partial charge < -0.3 is 37.1 Å². The van der Waals surface area contributed by atoms with Gasteiger partial charge in [-0.2, -0.15) is 0 Å². The van der Waals surface area contributed by atoms with Gasteiger partial charge in [-0.15, -0.1) is 23.2 Å². The molecule has 0 aromatic rings. The molecule has 1 amide bonds. The molecule has 208 valence electrons. The Morgan fingerprint density at radius 2 is 1.78 bits per heavy atom. The van der Waals surface area contributed by atoms with E-state index < -0.39 is 12.1 Å². The number of nitrogens with zero attached hydrogens (tertiary/aromatic N) is 1. The highest BCUT2D eigenvalue weighted by molar-refractivity contribution is 6.21. The fraction of sp³-hybridized carbons (Fsp3) is 0.962. The molecular formula is C26H48Cl2N6O2. The average Bonchev–Trinajstić information content (AvgIpc) is 2.84. The summed E-state index contributed by atoms with van der Waals surface area (Å²) in [6, 6.07) is -0.339. The molecule has 0 aromatic heterocycles. The number of carbonyl (C=O) groups is 1. The number of ether oxygens (including phenoxy) is 1. The smallest absolute Gasteiger partial charge is 0.227 e. The molecule has 3 heterocycles. The predicted octanol–water partition coefficient (Wildman–Crippen LogP) is 1.72. The first-order valence-corrected chi connectivity index (χ1v) is 15.0. The Morgan fingerprint density at radius 3 is 2.47 bits per heavy atom. The van der Waals surface area contributed by atoms with E-state index in [1.54, 1.807) is 0 Å². The van der Waals surface area contributed by atoms with Gasteiger partial charge >= 0.3 is 0 Å². The van der Waals surface area contributed by atoms with Gasteiger partial charge in [0.25, 0.3) is 0 Å². The van der Waals surface area contributed by atoms with Gasteiger partial charge in [-0.05, 0) is 57.4 Å². The molecule has 6 unspecified atom stereocenters. The maximum Gasteiger partial charge on any atom is 0.227 e. The lowest BCUT2D eigenvalue weighted by Gasteiger charge is -2.45. The number of likely N-dealkylation sites (tertiary alicyclic amines) is 1. The molecule has 3 saturated heterocycles. The van der Waals surface area contributed by atoms with E-state index in [9.17, 15) is 4.79 Å². The van der Waals surface area contributed by atoms with Crippen molar-refractivity contribution in [1.29, 1.82) is 0 Å². The van der Waals surface area contributed by atoms with Crippen LogP contribution in [0.25, 0.3) is 0 Å². The first-order valence-electron chi connectivity index (χ1n) is 14.1. The molecule has 1 saturated carbocycles. The van der Waals surface area contributed by atoms with Crippen LogP contribution in [0.2, 0.25) is 0 Å². The summed E-state index contributed by atoms with van der Waals surface area (Å²) >= 11 is 13.4. The topological polar surface area (TPSA) is 118 Å². The molecule has 4 aliphatic rings. The van der Waals surface area contributed by atoms with Crippen LogP contribution in [-0.2, 0) is 9.53 Å². The number of carbonyl (C=O) groups excluding carboxylic acids is 1. The molecule has 4 fully saturated rings. The van der Waals surface area contributed by atoms with Gasteiger partial charge in [-0.3, -0.25) is 4.79 Å². The van der Waals surface area contributed by atoms with E-state index in [4.69, 9.17) is 39.4 Å². The Labute approximate surface area is 227 Å². The normalized spacial score (nSPS) is 35.8. The van der Waals surface area contributed by atoms with Gasteiger partial charge in [0.05, 0.1) is 35.7 Å². The highest BCUT2D eigenvalue weighted by atomic mass is 35.5. The lowest BCUT2D eigenvalue weighted by molar-refractivity contribution is -0.130. The minimum Gasteiger partial charge on any atom is -0.371 e. The van der Waals surface area contributed by atoms with Crippen molar-refractivity contribution >= 4 is 29.1 Å². The number of hydrogen-bond acceptors (Lipinski definition) is 7. The Bertz CT molecular complexity index is 702. The summed E-state index contributed by atoms with van der Waals surface area (Å²) < 4.78 is 6.52. The lowest BCUT2D eigenvalue weighted by atomic mass is 9.65. The molecule has 36 heavy (non-hydrogen) atoms. The zero-order valence-corrected chi connectivity index (χ0v) is 23.4. The summed E-state index contributed by atoms with van der Waals surface area (Å²) in [4.78, 5) is 16.1. The van der Waals surface area contributed by atoms with E-state index in [-0.39, 0.29) is 46.4 Å². The number of nitrogens with two attached hydrogens (primary N) is 2. The van der Waals surface area contributed by atoms with Crippen molar-refractivity contribution in [1.82, 2.24) is 20.9 Å². The van der Waals surface area contributed by atoms with Crippen LogP contribution < -0.4 is 27.4 Å². The molecule has 0 bridgehead atoms. The van der Waals surface area contributed by atoms with Gasteiger partial charge in [0, 0.05) is 44.1 Å². The van der Waals surface area contributed by atoms with Crippen LogP contribution in [0.1, 0.15) is 64.2 Å². The van der Waals surface area contributed by atoms with Gasteiger partial charge in [-0.25, -0.2) is 0 Å². The van der Waals surface area contributed by atoms with Crippen LogP contribution >= 0.6 is 23.2 Å². The zero-order valence-electron chi connectivity index (χ0n) is 21.9. The molecule has 1 spiro atoms. The number of halogens is 2. The average molecular weight is 548 g/mol. The fourth-order valence-electron chi connectivity index (χ4n) is 6.92. The van der Waals surface area contributed by atoms with Crippen molar-refractivity contribution in [3.63, 3.8) is 0 Å². The number of rotatable bonds is 6. The Kier molecular flexibility index (Phi) is 10.6. The highest BCUT2D eigenvalue weighted by Gasteiger charge is 2.43. The monoisotopic (exact) mass is 546 g/mol. The minimum atomic E-state index is -0.770. The summed E-state index contributed by atoms with van der Waals surface area (Å²) in [5.41, 5.74) is 12.8. The van der Waals surface area contributed by atoms with Crippen molar-refractivity contribution in [3.05, 3.63) is 0 Å². The molecule has 6 atom stereocenters. The standard InChI is InChI=1S/C26H48Cl2N6O2/c1-34-11-6-18(7-12-34)36-23-19(28)15-31-16-21(23)33-25(35)22(24(29)30)20-13-26(8-3-2-4-9-26)10-5-17(27)14-32-20/h17-24,31-32H,2-16,29-30H2,1H3,(H,33,35). The number of alkyl halides is 2. The number of nitrogens with one attached hydrogen (secondary N) is 3. The number of amides is 1. The van der Waals surface area contributed by atoms with Crippen molar-refractivity contribution < 1.29 is 9.53 Å². The molecule has 0 aromatic carbocycles. The van der Waals surface area contributed by atoms with Gasteiger partial charge in [0.2, 0.25) is 5.91 Å². The summed E-state index contributed by atoms with van der Waals surface area (Å²) in [5.74, 6) is -0.667. The van der Waals surface area contributed by atoms with Crippen molar-refractivity contribution in [3.8, 4) is 0 Å². The quantitative estimate of drug-likeness (QED) is 0.254. The minimum absolute atomic E-state index is 0.0520. The van der Waals surface area contributed by atoms with E-state index >= 15 is 0 Å². The SMILES string of the molecule is CN1CCC(OC2C(Cl)CNCC2NC(=O)C(C(N)N)C2CC3(CCCCC3)CCC(Cl)CN2)CC1. The first kappa shape index (κ1) is 28.8. The third kappa shape index (κ3) is 7.47. The van der Waals surface area contributed by atoms with Gasteiger partial charge in [-0.1, -0.05) is 19.3 Å². The predicted molar refractivity (Wildman–Crippen MR) is 146 cm³/mol. The van der Waals surface area contributed by atoms with Crippen molar-refractivity contribution in [2.24, 2.45) is 22.8 Å². The molecule has 7 N–H and O–H groups in total. The van der Waals surface area contributed by atoms with E-state index in [0.717, 1.165) is 45.2 Å². The number of hydrogen-bond donors (Lipinski definition) is 5. The second-order valence-corrected chi connectivity index (χ2v) is 13.1. The lowest BCUT2D eigenvalue weighted by Crippen LogP contribution is -2.64. The molecule has 10 heteroatoms. The van der Waals surface area contributed by atoms with Crippen molar-refractivity contribution in [2.45, 2.75) is 105 Å². The highest BCUT2D eigenvalue weighted by Crippen LogP contribution is 2.46. The Hall–Kier alpha value is -0.190. The maximum atomic E-state index is 13.8. The van der Waals surface area contributed by atoms with Crippen molar-refractivity contribution in [2.75, 3.05) is 39.8 Å². The fourth-order valence-corrected chi connectivity index (χ4v) is 7.46. The molecule has 3 aliphatic heterocycles. The molecule has 4 rings (SSSR count). The van der Waals surface area contributed by atoms with Gasteiger partial charge in [0.15, 0.2) is 0 Å². The first-order chi connectivity index (χ1) is 17.3. The summed E-state index contributed by atoms with van der Waals surface area (Å²) in [6.07, 6.45) is 10.3. The van der Waals surface area contributed by atoms with Crippen LogP contribution in [0.5, 0.6) is 0 Å². The van der Waals surface area contributed by atoms with E-state index in [1.807, 2.05) is 0 Å². The van der Waals surface area contributed by atoms with Crippen LogP contribution in [0.4, 0.5) is 0 Å². The largest absolute Gasteiger partial charge is 0.371 e. The van der Waals surface area contributed by atoms with Crippen LogP contribution in [0, 0.1) is 11.3 Å². The Morgan fingerprint density at radius 1 is 1.06 bits per heavy atom. The van der Waals surface area contributed by atoms with E-state index in [0.29, 0.717) is 19.6 Å². The molecule has 0 radical (unpaired) electrons. The number of piperidine rings is 2. The van der Waals surface area contributed by atoms with Gasteiger partial charge in [0.1, 0.15) is 0 Å². The summed E-state index contributed by atoms with van der Waals surface area (Å²) in [5, 5.41) is 10.1. The zero-order chi connectivity index (χ0) is 25.7.